The monoisotopic (exact) mass is 557 g/mol. The molecule has 0 spiro atoms. The fourth-order valence-electron chi connectivity index (χ4n) is 4.53. The summed E-state index contributed by atoms with van der Waals surface area (Å²) in [4.78, 5) is 39.8. The van der Waals surface area contributed by atoms with Gasteiger partial charge < -0.3 is 26.4 Å². The number of carbonyl (C=O) groups excluding carboxylic acids is 2. The van der Waals surface area contributed by atoms with Gasteiger partial charge in [0.1, 0.15) is 22.3 Å². The van der Waals surface area contributed by atoms with E-state index in [1.54, 1.807) is 16.8 Å². The quantitative estimate of drug-likeness (QED) is 0.294. The van der Waals surface area contributed by atoms with Gasteiger partial charge in [-0.2, -0.15) is 5.10 Å². The van der Waals surface area contributed by atoms with E-state index in [0.29, 0.717) is 40.6 Å². The van der Waals surface area contributed by atoms with Crippen LogP contribution in [-0.4, -0.2) is 68.5 Å². The van der Waals surface area contributed by atoms with Gasteiger partial charge in [-0.25, -0.2) is 28.2 Å². The number of nitrogens with one attached hydrogen (secondary N) is 1. The molecule has 1 aliphatic rings. The average Bonchev–Trinajstić information content (AvgIpc) is 3.52. The van der Waals surface area contributed by atoms with Gasteiger partial charge in [-0.3, -0.25) is 9.59 Å². The summed E-state index contributed by atoms with van der Waals surface area (Å²) in [5.41, 5.74) is 13.5. The van der Waals surface area contributed by atoms with Crippen molar-refractivity contribution in [2.75, 3.05) is 30.3 Å². The van der Waals surface area contributed by atoms with E-state index in [1.165, 1.54) is 29.8 Å². The van der Waals surface area contributed by atoms with Gasteiger partial charge in [0.25, 0.3) is 18.2 Å². The Hall–Kier alpha value is -4.40. The van der Waals surface area contributed by atoms with Crippen molar-refractivity contribution in [2.24, 2.45) is 5.73 Å². The third-order valence-electron chi connectivity index (χ3n) is 6.24. The second kappa shape index (κ2) is 10.8. The number of alkyl halides is 2. The van der Waals surface area contributed by atoms with Crippen molar-refractivity contribution >= 4 is 40.2 Å². The van der Waals surface area contributed by atoms with Crippen LogP contribution in [-0.2, 0) is 0 Å². The van der Waals surface area contributed by atoms with Crippen molar-refractivity contribution < 1.29 is 23.1 Å². The second-order valence-electron chi connectivity index (χ2n) is 8.94. The number of piperidine rings is 1. The van der Waals surface area contributed by atoms with Crippen LogP contribution in [0.15, 0.2) is 30.7 Å². The molecule has 5 N–H and O–H groups in total. The number of carbonyl (C=O) groups is 2. The standard InChI is InChI=1S/C24H25F2N9O3S/c1-12-29-8-18(39-12)23(37)32-13-3-2-6-34(9-13)17-7-16(35-20(17)21(27)30-11-31-35)15-5-4-14(22(28)36)24(33-15)38-10-19(25)26/h4-5,7-8,11,13,19H,2-3,6,9-10H2,1H3,(H2,28,36)(H,32,37)(H2,27,30,31)/t13-/m1/s1. The molecule has 0 bridgehead atoms. The Kier molecular flexibility index (Phi) is 7.24. The summed E-state index contributed by atoms with van der Waals surface area (Å²) in [6.45, 7) is 2.09. The number of aromatic nitrogens is 5. The first kappa shape index (κ1) is 26.2. The molecule has 1 saturated heterocycles. The molecular formula is C24H25F2N9O3S. The number of anilines is 2. The number of amides is 2. The molecule has 0 unspecified atom stereocenters. The van der Waals surface area contributed by atoms with E-state index in [2.05, 4.69) is 30.3 Å². The molecule has 4 aromatic heterocycles. The van der Waals surface area contributed by atoms with E-state index in [-0.39, 0.29) is 29.2 Å². The SMILES string of the molecule is Cc1ncc(C(=O)N[C@@H]2CCCN(c3cc(-c4ccc(C(N)=O)c(OCC(F)F)n4)n4ncnc(N)c34)C2)s1. The van der Waals surface area contributed by atoms with Crippen LogP contribution in [0.1, 0.15) is 37.9 Å². The Labute approximate surface area is 225 Å². The molecule has 5 heterocycles. The number of hydrogen-bond donors (Lipinski definition) is 3. The first-order valence-electron chi connectivity index (χ1n) is 12.0. The van der Waals surface area contributed by atoms with Crippen molar-refractivity contribution in [1.82, 2.24) is 29.9 Å². The number of nitrogens with zero attached hydrogens (tertiary/aromatic N) is 6. The highest BCUT2D eigenvalue weighted by molar-refractivity contribution is 7.13. The summed E-state index contributed by atoms with van der Waals surface area (Å²) in [5.74, 6) is -1.12. The molecule has 4 aromatic rings. The predicted molar refractivity (Wildman–Crippen MR) is 140 cm³/mol. The van der Waals surface area contributed by atoms with Gasteiger partial charge in [0.15, 0.2) is 12.4 Å². The fraction of sp³-hybridized carbons (Fsp3) is 0.333. The zero-order valence-electron chi connectivity index (χ0n) is 20.8. The number of pyridine rings is 1. The van der Waals surface area contributed by atoms with Crippen molar-refractivity contribution in [3.63, 3.8) is 0 Å². The minimum atomic E-state index is -2.77. The molecule has 39 heavy (non-hydrogen) atoms. The summed E-state index contributed by atoms with van der Waals surface area (Å²) >= 11 is 1.33. The van der Waals surface area contributed by atoms with E-state index in [9.17, 15) is 18.4 Å². The number of hydrogen-bond acceptors (Lipinski definition) is 10. The van der Waals surface area contributed by atoms with Crippen LogP contribution in [0.25, 0.3) is 16.9 Å². The Bertz CT molecular complexity index is 1540. The lowest BCUT2D eigenvalue weighted by atomic mass is 10.0. The Morgan fingerprint density at radius 2 is 2.13 bits per heavy atom. The van der Waals surface area contributed by atoms with Gasteiger partial charge in [0.2, 0.25) is 5.88 Å². The van der Waals surface area contributed by atoms with Crippen LogP contribution in [0.3, 0.4) is 0 Å². The minimum absolute atomic E-state index is 0.125. The van der Waals surface area contributed by atoms with Crippen LogP contribution in [0.2, 0.25) is 0 Å². The highest BCUT2D eigenvalue weighted by Crippen LogP contribution is 2.35. The molecule has 0 aromatic carbocycles. The number of thiazole rings is 1. The van der Waals surface area contributed by atoms with E-state index < -0.39 is 18.9 Å². The summed E-state index contributed by atoms with van der Waals surface area (Å²) in [6.07, 6.45) is 1.70. The van der Waals surface area contributed by atoms with Gasteiger partial charge in [-0.05, 0) is 38.0 Å². The molecule has 204 valence electrons. The Balaban J connectivity index is 1.48. The molecule has 5 rings (SSSR count). The van der Waals surface area contributed by atoms with Gasteiger partial charge in [-0.15, -0.1) is 11.3 Å². The number of primary amides is 1. The Morgan fingerprint density at radius 3 is 2.85 bits per heavy atom. The molecule has 2 amide bonds. The lowest BCUT2D eigenvalue weighted by Crippen LogP contribution is -2.47. The zero-order chi connectivity index (χ0) is 27.7. The van der Waals surface area contributed by atoms with Gasteiger partial charge in [-0.1, -0.05) is 0 Å². The smallest absolute Gasteiger partial charge is 0.272 e. The van der Waals surface area contributed by atoms with Crippen molar-refractivity contribution in [1.29, 1.82) is 0 Å². The molecule has 1 fully saturated rings. The molecule has 12 nitrogen and oxygen atoms in total. The van der Waals surface area contributed by atoms with E-state index in [0.717, 1.165) is 17.8 Å². The highest BCUT2D eigenvalue weighted by Gasteiger charge is 2.27. The number of nitrogen functional groups attached to an aromatic ring is 1. The van der Waals surface area contributed by atoms with Crippen LogP contribution in [0.4, 0.5) is 20.3 Å². The van der Waals surface area contributed by atoms with Crippen molar-refractivity contribution in [3.05, 3.63) is 46.2 Å². The topological polar surface area (TPSA) is 167 Å². The maximum atomic E-state index is 12.8. The predicted octanol–water partition coefficient (Wildman–Crippen LogP) is 2.28. The summed E-state index contributed by atoms with van der Waals surface area (Å²) in [7, 11) is 0. The molecular weight excluding hydrogens is 532 g/mol. The number of nitrogens with two attached hydrogens (primary N) is 2. The number of aryl methyl sites for hydroxylation is 1. The van der Waals surface area contributed by atoms with Crippen molar-refractivity contribution in [3.8, 4) is 17.3 Å². The fourth-order valence-corrected chi connectivity index (χ4v) is 5.21. The second-order valence-corrected chi connectivity index (χ2v) is 10.2. The van der Waals surface area contributed by atoms with Gasteiger partial charge >= 0.3 is 0 Å². The lowest BCUT2D eigenvalue weighted by molar-refractivity contribution is 0.0778. The number of fused-ring (bicyclic) bond motifs is 1. The largest absolute Gasteiger partial charge is 0.471 e. The van der Waals surface area contributed by atoms with E-state index in [4.69, 9.17) is 16.2 Å². The third-order valence-corrected chi connectivity index (χ3v) is 7.15. The van der Waals surface area contributed by atoms with Crippen LogP contribution in [0.5, 0.6) is 5.88 Å². The first-order valence-corrected chi connectivity index (χ1v) is 12.9. The average molecular weight is 558 g/mol. The minimum Gasteiger partial charge on any atom is -0.471 e. The van der Waals surface area contributed by atoms with Crippen molar-refractivity contribution in [2.45, 2.75) is 32.2 Å². The molecule has 1 atom stereocenters. The van der Waals surface area contributed by atoms with Gasteiger partial charge in [0.05, 0.1) is 28.3 Å². The summed E-state index contributed by atoms with van der Waals surface area (Å²) in [5, 5.41) is 8.23. The van der Waals surface area contributed by atoms with Gasteiger partial charge in [0, 0.05) is 19.1 Å². The zero-order valence-corrected chi connectivity index (χ0v) is 21.6. The molecule has 0 saturated carbocycles. The molecule has 0 aliphatic carbocycles. The highest BCUT2D eigenvalue weighted by atomic mass is 32.1. The summed E-state index contributed by atoms with van der Waals surface area (Å²) in [6, 6.07) is 4.57. The maximum absolute atomic E-state index is 12.8. The normalized spacial score (nSPS) is 15.6. The van der Waals surface area contributed by atoms with Crippen LogP contribution >= 0.6 is 11.3 Å². The molecule has 0 radical (unpaired) electrons. The summed E-state index contributed by atoms with van der Waals surface area (Å²) < 4.78 is 32.2. The Morgan fingerprint density at radius 1 is 1.31 bits per heavy atom. The lowest BCUT2D eigenvalue weighted by Gasteiger charge is -2.34. The third kappa shape index (κ3) is 5.43. The van der Waals surface area contributed by atoms with E-state index in [1.807, 2.05) is 6.92 Å². The van der Waals surface area contributed by atoms with Crippen LogP contribution < -0.4 is 26.4 Å². The number of rotatable bonds is 8. The molecule has 15 heteroatoms. The number of halogens is 2. The number of ether oxygens (including phenoxy) is 1. The van der Waals surface area contributed by atoms with E-state index >= 15 is 0 Å². The van der Waals surface area contributed by atoms with Crippen LogP contribution in [0, 0.1) is 6.92 Å². The first-order chi connectivity index (χ1) is 18.7. The maximum Gasteiger partial charge on any atom is 0.272 e. The molecule has 1 aliphatic heterocycles.